The zero-order valence-electron chi connectivity index (χ0n) is 15.0. The zero-order valence-corrected chi connectivity index (χ0v) is 15.0. The Hall–Kier alpha value is -2.47. The number of nitrogens with zero attached hydrogens (tertiary/aromatic N) is 2. The zero-order chi connectivity index (χ0) is 18.3. The van der Waals surface area contributed by atoms with Crippen molar-refractivity contribution in [2.24, 2.45) is 5.73 Å². The average molecular weight is 352 g/mol. The molecule has 1 amide bonds. The Morgan fingerprint density at radius 2 is 1.92 bits per heavy atom. The lowest BCUT2D eigenvalue weighted by atomic mass is 9.76. The Kier molecular flexibility index (Phi) is 4.15. The molecule has 1 aliphatic carbocycles. The van der Waals surface area contributed by atoms with Crippen molar-refractivity contribution in [3.63, 3.8) is 0 Å². The van der Waals surface area contributed by atoms with Crippen molar-refractivity contribution < 1.29 is 4.79 Å². The molecule has 0 saturated carbocycles. The van der Waals surface area contributed by atoms with E-state index in [1.54, 1.807) is 0 Å². The highest BCUT2D eigenvalue weighted by atomic mass is 16.2. The molecule has 3 N–H and O–H groups in total. The first kappa shape index (κ1) is 17.0. The number of nitrogens with one attached hydrogen (secondary N) is 1. The topological polar surface area (TPSA) is 92.1 Å². The van der Waals surface area contributed by atoms with Gasteiger partial charge in [0.2, 0.25) is 5.91 Å². The second-order valence-electron chi connectivity index (χ2n) is 7.47. The Morgan fingerprint density at radius 1 is 1.23 bits per heavy atom. The van der Waals surface area contributed by atoms with Crippen LogP contribution < -0.4 is 11.3 Å². The number of fused-ring (bicyclic) bond motifs is 2. The summed E-state index contributed by atoms with van der Waals surface area (Å²) in [5.41, 5.74) is 8.74. The van der Waals surface area contributed by atoms with E-state index in [4.69, 9.17) is 5.73 Å². The number of amides is 1. The maximum atomic E-state index is 12.8. The van der Waals surface area contributed by atoms with Crippen molar-refractivity contribution in [2.45, 2.75) is 44.1 Å². The van der Waals surface area contributed by atoms with Gasteiger partial charge in [0.05, 0.1) is 5.69 Å². The fourth-order valence-corrected chi connectivity index (χ4v) is 4.41. The summed E-state index contributed by atoms with van der Waals surface area (Å²) in [7, 11) is 0. The number of aromatic nitrogens is 2. The highest BCUT2D eigenvalue weighted by molar-refractivity contribution is 5.83. The third kappa shape index (κ3) is 2.74. The molecule has 0 radical (unpaired) electrons. The van der Waals surface area contributed by atoms with Gasteiger partial charge in [-0.2, -0.15) is 0 Å². The van der Waals surface area contributed by atoms with E-state index in [0.29, 0.717) is 18.9 Å². The fraction of sp³-hybridized carbons (Fsp3) is 0.450. The van der Waals surface area contributed by atoms with E-state index in [1.807, 2.05) is 42.2 Å². The predicted molar refractivity (Wildman–Crippen MR) is 98.8 cm³/mol. The van der Waals surface area contributed by atoms with E-state index >= 15 is 0 Å². The van der Waals surface area contributed by atoms with Gasteiger partial charge in [-0.25, -0.2) is 4.98 Å². The van der Waals surface area contributed by atoms with Crippen LogP contribution in [0.25, 0.3) is 0 Å². The Balaban J connectivity index is 1.51. The number of aromatic amines is 1. The number of rotatable bonds is 2. The first-order valence-electron chi connectivity index (χ1n) is 9.20. The van der Waals surface area contributed by atoms with Crippen LogP contribution in [-0.4, -0.2) is 33.9 Å². The SMILES string of the molecule is Cc1nc2c(c(=O)[nH]1)CCC21CCN(C(=O)[C@@H](N)c2ccccc2)CC1. The molecule has 1 aromatic carbocycles. The molecule has 26 heavy (non-hydrogen) atoms. The first-order chi connectivity index (χ1) is 12.5. The largest absolute Gasteiger partial charge is 0.341 e. The first-order valence-corrected chi connectivity index (χ1v) is 9.20. The molecule has 2 aromatic rings. The second kappa shape index (κ2) is 6.36. The van der Waals surface area contributed by atoms with E-state index in [1.165, 1.54) is 0 Å². The minimum absolute atomic E-state index is 0.00557. The van der Waals surface area contributed by atoms with Gasteiger partial charge in [0.1, 0.15) is 11.9 Å². The highest BCUT2D eigenvalue weighted by Gasteiger charge is 2.44. The molecule has 136 valence electrons. The number of benzene rings is 1. The lowest BCUT2D eigenvalue weighted by Gasteiger charge is -2.40. The van der Waals surface area contributed by atoms with Gasteiger partial charge in [-0.05, 0) is 38.2 Å². The van der Waals surface area contributed by atoms with Gasteiger partial charge in [0, 0.05) is 24.1 Å². The summed E-state index contributed by atoms with van der Waals surface area (Å²) >= 11 is 0. The van der Waals surface area contributed by atoms with Crippen LogP contribution >= 0.6 is 0 Å². The summed E-state index contributed by atoms with van der Waals surface area (Å²) in [6.07, 6.45) is 3.39. The van der Waals surface area contributed by atoms with Gasteiger partial charge in [0.25, 0.3) is 5.56 Å². The van der Waals surface area contributed by atoms with Crippen LogP contribution in [0.1, 0.15) is 47.9 Å². The van der Waals surface area contributed by atoms with Gasteiger partial charge in [-0.3, -0.25) is 9.59 Å². The van der Waals surface area contributed by atoms with Crippen LogP contribution in [0.4, 0.5) is 0 Å². The Bertz CT molecular complexity index is 882. The van der Waals surface area contributed by atoms with Crippen molar-refractivity contribution in [1.82, 2.24) is 14.9 Å². The normalized spacial score (nSPS) is 19.4. The number of nitrogens with two attached hydrogens (primary N) is 1. The molecule has 1 atom stereocenters. The average Bonchev–Trinajstić information content (AvgIpc) is 3.00. The van der Waals surface area contributed by atoms with E-state index in [2.05, 4.69) is 9.97 Å². The van der Waals surface area contributed by atoms with Gasteiger partial charge < -0.3 is 15.6 Å². The van der Waals surface area contributed by atoms with Crippen LogP contribution in [0.2, 0.25) is 0 Å². The lowest BCUT2D eigenvalue weighted by molar-refractivity contribution is -0.134. The molecule has 2 heterocycles. The van der Waals surface area contributed by atoms with Crippen LogP contribution in [0, 0.1) is 6.92 Å². The van der Waals surface area contributed by atoms with Crippen molar-refractivity contribution in [2.75, 3.05) is 13.1 Å². The summed E-state index contributed by atoms with van der Waals surface area (Å²) in [6.45, 7) is 3.14. The van der Waals surface area contributed by atoms with Crippen LogP contribution in [0.5, 0.6) is 0 Å². The van der Waals surface area contributed by atoms with Crippen molar-refractivity contribution in [3.05, 3.63) is 63.3 Å². The van der Waals surface area contributed by atoms with Gasteiger partial charge in [-0.15, -0.1) is 0 Å². The molecular weight excluding hydrogens is 328 g/mol. The lowest BCUT2D eigenvalue weighted by Crippen LogP contribution is -2.47. The second-order valence-corrected chi connectivity index (χ2v) is 7.47. The number of likely N-dealkylation sites (tertiary alicyclic amines) is 1. The molecule has 1 spiro atoms. The van der Waals surface area contributed by atoms with E-state index in [-0.39, 0.29) is 16.9 Å². The number of H-pyrrole nitrogens is 1. The molecule has 0 bridgehead atoms. The molecule has 2 aliphatic rings. The minimum atomic E-state index is -0.621. The molecule has 0 unspecified atom stereocenters. The van der Waals surface area contributed by atoms with Gasteiger partial charge in [-0.1, -0.05) is 30.3 Å². The maximum absolute atomic E-state index is 12.8. The number of hydrogen-bond donors (Lipinski definition) is 2. The fourth-order valence-electron chi connectivity index (χ4n) is 4.41. The quantitative estimate of drug-likeness (QED) is 0.858. The number of piperidine rings is 1. The van der Waals surface area contributed by atoms with E-state index in [9.17, 15) is 9.59 Å². The van der Waals surface area contributed by atoms with Crippen LogP contribution in [0.3, 0.4) is 0 Å². The molecule has 1 fully saturated rings. The highest BCUT2D eigenvalue weighted by Crippen LogP contribution is 2.44. The summed E-state index contributed by atoms with van der Waals surface area (Å²) in [5.74, 6) is 0.638. The maximum Gasteiger partial charge on any atom is 0.254 e. The van der Waals surface area contributed by atoms with E-state index < -0.39 is 6.04 Å². The van der Waals surface area contributed by atoms with Gasteiger partial charge in [0.15, 0.2) is 0 Å². The molecule has 1 aliphatic heterocycles. The standard InChI is InChI=1S/C20H24N4O2/c1-13-22-17-15(18(25)23-13)7-8-20(17)9-11-24(12-10-20)19(26)16(21)14-5-3-2-4-6-14/h2-6,16H,7-12,21H2,1H3,(H,22,23,25)/t16-/m0/s1. The predicted octanol–water partition coefficient (Wildman–Crippen LogP) is 1.58. The van der Waals surface area contributed by atoms with E-state index in [0.717, 1.165) is 42.5 Å². The summed E-state index contributed by atoms with van der Waals surface area (Å²) in [5, 5.41) is 0. The van der Waals surface area contributed by atoms with Crippen LogP contribution in [-0.2, 0) is 16.6 Å². The smallest absolute Gasteiger partial charge is 0.254 e. The third-order valence-corrected chi connectivity index (χ3v) is 5.95. The number of aryl methyl sites for hydroxylation is 1. The summed E-state index contributed by atoms with van der Waals surface area (Å²) in [4.78, 5) is 34.3. The summed E-state index contributed by atoms with van der Waals surface area (Å²) < 4.78 is 0. The monoisotopic (exact) mass is 352 g/mol. The number of carbonyl (C=O) groups excluding carboxylic acids is 1. The molecular formula is C20H24N4O2. The molecule has 4 rings (SSSR count). The van der Waals surface area contributed by atoms with Crippen LogP contribution in [0.15, 0.2) is 35.1 Å². The summed E-state index contributed by atoms with van der Waals surface area (Å²) in [6, 6.07) is 8.87. The van der Waals surface area contributed by atoms with Crippen molar-refractivity contribution in [1.29, 1.82) is 0 Å². The van der Waals surface area contributed by atoms with Gasteiger partial charge >= 0.3 is 0 Å². The third-order valence-electron chi connectivity index (χ3n) is 5.95. The van der Waals surface area contributed by atoms with Crippen molar-refractivity contribution >= 4 is 5.91 Å². The number of hydrogen-bond acceptors (Lipinski definition) is 4. The molecule has 1 aromatic heterocycles. The Morgan fingerprint density at radius 3 is 2.62 bits per heavy atom. The Labute approximate surface area is 152 Å². The molecule has 6 nitrogen and oxygen atoms in total. The molecule has 1 saturated heterocycles. The number of carbonyl (C=O) groups is 1. The molecule has 6 heteroatoms. The van der Waals surface area contributed by atoms with Crippen molar-refractivity contribution in [3.8, 4) is 0 Å². The minimum Gasteiger partial charge on any atom is -0.341 e.